The minimum atomic E-state index is -3.63. The van der Waals surface area contributed by atoms with Gasteiger partial charge in [0.1, 0.15) is 11.5 Å². The van der Waals surface area contributed by atoms with Crippen molar-refractivity contribution in [3.05, 3.63) is 114 Å². The first-order chi connectivity index (χ1) is 16.0. The molecule has 1 aliphatic rings. The molecule has 4 aromatic carbocycles. The Morgan fingerprint density at radius 1 is 0.758 bits per heavy atom. The number of benzene rings is 4. The van der Waals surface area contributed by atoms with E-state index >= 15 is 0 Å². The van der Waals surface area contributed by atoms with Crippen LogP contribution in [0.25, 0.3) is 11.1 Å². The van der Waals surface area contributed by atoms with Gasteiger partial charge < -0.3 is 4.74 Å². The Hall–Kier alpha value is -3.12. The molecular weight excluding hydrogens is 454 g/mol. The fourth-order valence-corrected chi connectivity index (χ4v) is 5.32. The summed E-state index contributed by atoms with van der Waals surface area (Å²) in [6, 6.07) is 31.6. The van der Waals surface area contributed by atoms with Crippen molar-refractivity contribution >= 4 is 21.6 Å². The van der Waals surface area contributed by atoms with E-state index in [1.54, 1.807) is 12.1 Å². The van der Waals surface area contributed by atoms with E-state index < -0.39 is 10.0 Å². The summed E-state index contributed by atoms with van der Waals surface area (Å²) in [5.41, 5.74) is 2.92. The Balaban J connectivity index is 1.29. The van der Waals surface area contributed by atoms with E-state index in [-0.39, 0.29) is 16.9 Å². The molecule has 5 rings (SSSR count). The molecule has 0 spiro atoms. The third-order valence-electron chi connectivity index (χ3n) is 5.73. The summed E-state index contributed by atoms with van der Waals surface area (Å²) < 4.78 is 34.8. The van der Waals surface area contributed by atoms with Gasteiger partial charge in [-0.25, -0.2) is 13.1 Å². The number of hydrogen-bond acceptors (Lipinski definition) is 3. The SMILES string of the molecule is O=S(=O)(N[C@@H]1C[C@H]1c1ccccc1Oc1ccccc1)c1ccc(-c2ccc(Cl)cc2)cc1. The van der Waals surface area contributed by atoms with Crippen molar-refractivity contribution in [2.75, 3.05) is 0 Å². The standard InChI is InChI=1S/C27H22ClNO3S/c28-21-14-10-19(11-15-21)20-12-16-23(17-13-20)33(30,31)29-26-18-25(26)24-8-4-5-9-27(24)32-22-6-2-1-3-7-22/h1-17,25-26,29H,18H2/t25-,26+/m0/s1. The van der Waals surface area contributed by atoms with E-state index in [0.29, 0.717) is 5.02 Å². The van der Waals surface area contributed by atoms with Crippen molar-refractivity contribution in [3.63, 3.8) is 0 Å². The summed E-state index contributed by atoms with van der Waals surface area (Å²) in [4.78, 5) is 0.250. The third-order valence-corrected chi connectivity index (χ3v) is 7.49. The number of sulfonamides is 1. The predicted octanol–water partition coefficient (Wildman–Crippen LogP) is 6.63. The Morgan fingerprint density at radius 3 is 2.06 bits per heavy atom. The number of nitrogens with one attached hydrogen (secondary N) is 1. The minimum absolute atomic E-state index is 0.0769. The quantitative estimate of drug-likeness (QED) is 0.326. The van der Waals surface area contributed by atoms with Crippen LogP contribution in [0.4, 0.5) is 0 Å². The van der Waals surface area contributed by atoms with Gasteiger partial charge in [0.2, 0.25) is 10.0 Å². The van der Waals surface area contributed by atoms with Crippen molar-refractivity contribution in [1.29, 1.82) is 0 Å². The van der Waals surface area contributed by atoms with E-state index in [9.17, 15) is 8.42 Å². The molecule has 1 fully saturated rings. The average Bonchev–Trinajstić information content (AvgIpc) is 3.59. The van der Waals surface area contributed by atoms with Crippen molar-refractivity contribution in [1.82, 2.24) is 4.72 Å². The van der Waals surface area contributed by atoms with Crippen LogP contribution in [0.1, 0.15) is 17.9 Å². The highest BCUT2D eigenvalue weighted by atomic mass is 35.5. The summed E-state index contributed by atoms with van der Waals surface area (Å²) in [5.74, 6) is 1.58. The molecule has 33 heavy (non-hydrogen) atoms. The normalized spacial score (nSPS) is 17.5. The summed E-state index contributed by atoms with van der Waals surface area (Å²) in [6.07, 6.45) is 0.733. The summed E-state index contributed by atoms with van der Waals surface area (Å²) in [6.45, 7) is 0. The van der Waals surface area contributed by atoms with E-state index in [1.807, 2.05) is 91.0 Å². The zero-order chi connectivity index (χ0) is 22.8. The van der Waals surface area contributed by atoms with Crippen LogP contribution in [-0.4, -0.2) is 14.5 Å². The van der Waals surface area contributed by atoms with Gasteiger partial charge in [-0.05, 0) is 65.6 Å². The molecule has 0 saturated heterocycles. The van der Waals surface area contributed by atoms with Crippen molar-refractivity contribution in [2.24, 2.45) is 0 Å². The monoisotopic (exact) mass is 475 g/mol. The maximum Gasteiger partial charge on any atom is 0.240 e. The van der Waals surface area contributed by atoms with Gasteiger partial charge in [0.05, 0.1) is 4.90 Å². The maximum absolute atomic E-state index is 13.0. The number of rotatable bonds is 7. The number of hydrogen-bond donors (Lipinski definition) is 1. The third kappa shape index (κ3) is 4.96. The van der Waals surface area contributed by atoms with Gasteiger partial charge in [-0.15, -0.1) is 0 Å². The molecule has 0 bridgehead atoms. The lowest BCUT2D eigenvalue weighted by atomic mass is 10.1. The lowest BCUT2D eigenvalue weighted by Crippen LogP contribution is -2.26. The van der Waals surface area contributed by atoms with Crippen LogP contribution < -0.4 is 9.46 Å². The Labute approximate surface area is 198 Å². The molecule has 6 heteroatoms. The molecule has 0 heterocycles. The fourth-order valence-electron chi connectivity index (χ4n) is 3.90. The van der Waals surface area contributed by atoms with E-state index in [0.717, 1.165) is 34.6 Å². The topological polar surface area (TPSA) is 55.4 Å². The second kappa shape index (κ2) is 9.02. The molecule has 166 valence electrons. The zero-order valence-corrected chi connectivity index (χ0v) is 19.3. The molecule has 0 aliphatic heterocycles. The first-order valence-corrected chi connectivity index (χ1v) is 12.6. The minimum Gasteiger partial charge on any atom is -0.457 e. The van der Waals surface area contributed by atoms with Crippen LogP contribution in [0.3, 0.4) is 0 Å². The first-order valence-electron chi connectivity index (χ1n) is 10.7. The van der Waals surface area contributed by atoms with E-state index in [1.165, 1.54) is 0 Å². The fraction of sp³-hybridized carbons (Fsp3) is 0.111. The van der Waals surface area contributed by atoms with Crippen LogP contribution in [0, 0.1) is 0 Å². The van der Waals surface area contributed by atoms with Crippen molar-refractivity contribution < 1.29 is 13.2 Å². The van der Waals surface area contributed by atoms with Crippen LogP contribution in [0.5, 0.6) is 11.5 Å². The van der Waals surface area contributed by atoms with Crippen molar-refractivity contribution in [3.8, 4) is 22.6 Å². The Kier molecular flexibility index (Phi) is 5.94. The molecule has 0 unspecified atom stereocenters. The Morgan fingerprint density at radius 2 is 1.36 bits per heavy atom. The van der Waals surface area contributed by atoms with Gasteiger partial charge in [0.25, 0.3) is 0 Å². The number of para-hydroxylation sites is 2. The van der Waals surface area contributed by atoms with Crippen LogP contribution in [0.2, 0.25) is 5.02 Å². The van der Waals surface area contributed by atoms with Gasteiger partial charge in [0.15, 0.2) is 0 Å². The number of halogens is 1. The largest absolute Gasteiger partial charge is 0.457 e. The van der Waals surface area contributed by atoms with Gasteiger partial charge in [-0.1, -0.05) is 72.3 Å². The molecule has 1 saturated carbocycles. The summed E-state index contributed by atoms with van der Waals surface area (Å²) in [5, 5.41) is 0.664. The van der Waals surface area contributed by atoms with Crippen molar-refractivity contribution in [2.45, 2.75) is 23.3 Å². The van der Waals surface area contributed by atoms with Gasteiger partial charge in [-0.2, -0.15) is 0 Å². The molecule has 2 atom stereocenters. The van der Waals surface area contributed by atoms with Gasteiger partial charge in [0, 0.05) is 17.0 Å². The second-order valence-electron chi connectivity index (χ2n) is 8.05. The maximum atomic E-state index is 13.0. The van der Waals surface area contributed by atoms with Crippen LogP contribution in [0.15, 0.2) is 108 Å². The highest BCUT2D eigenvalue weighted by molar-refractivity contribution is 7.89. The highest BCUT2D eigenvalue weighted by Crippen LogP contribution is 2.46. The highest BCUT2D eigenvalue weighted by Gasteiger charge is 2.42. The molecular formula is C27H22ClNO3S. The molecule has 4 nitrogen and oxygen atoms in total. The smallest absolute Gasteiger partial charge is 0.240 e. The predicted molar refractivity (Wildman–Crippen MR) is 131 cm³/mol. The molecule has 4 aromatic rings. The van der Waals surface area contributed by atoms with Crippen LogP contribution in [-0.2, 0) is 10.0 Å². The Bertz CT molecular complexity index is 1350. The van der Waals surface area contributed by atoms with E-state index in [4.69, 9.17) is 16.3 Å². The zero-order valence-electron chi connectivity index (χ0n) is 17.7. The molecule has 1 aliphatic carbocycles. The molecule has 0 amide bonds. The van der Waals surface area contributed by atoms with Gasteiger partial charge in [-0.3, -0.25) is 0 Å². The molecule has 0 aromatic heterocycles. The number of ether oxygens (including phenoxy) is 1. The van der Waals surface area contributed by atoms with E-state index in [2.05, 4.69) is 4.72 Å². The first kappa shape index (κ1) is 21.7. The second-order valence-corrected chi connectivity index (χ2v) is 10.2. The van der Waals surface area contributed by atoms with Crippen LogP contribution >= 0.6 is 11.6 Å². The average molecular weight is 476 g/mol. The molecule has 1 N–H and O–H groups in total. The summed E-state index contributed by atoms with van der Waals surface area (Å²) >= 11 is 5.95. The van der Waals surface area contributed by atoms with Gasteiger partial charge >= 0.3 is 0 Å². The lowest BCUT2D eigenvalue weighted by molar-refractivity contribution is 0.475. The lowest BCUT2D eigenvalue weighted by Gasteiger charge is -2.12. The summed E-state index contributed by atoms with van der Waals surface area (Å²) in [7, 11) is -3.63. The molecule has 0 radical (unpaired) electrons.